The van der Waals surface area contributed by atoms with Gasteiger partial charge >= 0.3 is 0 Å². The molecule has 3 unspecified atom stereocenters. The van der Waals surface area contributed by atoms with E-state index in [0.717, 1.165) is 73.6 Å². The summed E-state index contributed by atoms with van der Waals surface area (Å²) in [5, 5.41) is 39.0. The second-order valence-corrected chi connectivity index (χ2v) is 19.3. The summed E-state index contributed by atoms with van der Waals surface area (Å²) in [7, 11) is 3.55. The van der Waals surface area contributed by atoms with Crippen molar-refractivity contribution in [2.24, 2.45) is 18.8 Å². The van der Waals surface area contributed by atoms with Crippen molar-refractivity contribution in [3.63, 3.8) is 0 Å². The van der Waals surface area contributed by atoms with E-state index < -0.39 is 12.0 Å². The molecule has 2 aromatic carbocycles. The molecule has 2 amide bonds. The minimum atomic E-state index is -0.637. The van der Waals surface area contributed by atoms with Crippen molar-refractivity contribution in [2.75, 3.05) is 61.9 Å². The van der Waals surface area contributed by atoms with Gasteiger partial charge < -0.3 is 50.0 Å². The second kappa shape index (κ2) is 26.3. The summed E-state index contributed by atoms with van der Waals surface area (Å²) in [4.78, 5) is 45.6. The molecule has 3 atom stereocenters. The maximum atomic E-state index is 13.8. The van der Waals surface area contributed by atoms with Crippen LogP contribution in [0.3, 0.4) is 0 Å². The van der Waals surface area contributed by atoms with Crippen molar-refractivity contribution in [1.29, 1.82) is 0 Å². The van der Waals surface area contributed by atoms with E-state index in [1.54, 1.807) is 36.3 Å². The molecule has 3 aliphatic rings. The zero-order valence-electron chi connectivity index (χ0n) is 44.5. The molecule has 1 saturated carbocycles. The lowest BCUT2D eigenvalue weighted by Gasteiger charge is -2.37. The molecule has 78 heavy (non-hydrogen) atoms. The molecule has 2 aliphatic heterocycles. The number of piperazine rings is 1. The lowest BCUT2D eigenvalue weighted by Crippen LogP contribution is -2.48. The Balaban J connectivity index is 0.000000206. The van der Waals surface area contributed by atoms with Gasteiger partial charge in [-0.2, -0.15) is 5.10 Å². The molecule has 22 heteroatoms. The number of phenols is 1. The number of carbonyl (C=O) groups excluding carboxylic acids is 2. The van der Waals surface area contributed by atoms with E-state index >= 15 is 0 Å². The van der Waals surface area contributed by atoms with E-state index in [1.165, 1.54) is 18.8 Å². The number of amides is 2. The van der Waals surface area contributed by atoms with Crippen LogP contribution in [0.2, 0.25) is 0 Å². The molecule has 408 valence electrons. The van der Waals surface area contributed by atoms with Crippen molar-refractivity contribution in [2.45, 2.75) is 77.0 Å². The van der Waals surface area contributed by atoms with Crippen LogP contribution in [-0.4, -0.2) is 126 Å². The molecule has 8 N–H and O–H groups in total. The predicted molar refractivity (Wildman–Crippen MR) is 294 cm³/mol. The molecule has 0 bridgehead atoms. The van der Waals surface area contributed by atoms with Gasteiger partial charge in [-0.15, -0.1) is 10.2 Å². The number of ether oxygens (including phenoxy) is 2. The Morgan fingerprint density at radius 3 is 2.27 bits per heavy atom. The SMILES string of the molecule is CC(NC(=O)C1CCCN1C(=O)C(c1cc(OCC#Cc2ncc(O)cn2)no1)C(C)C)c1ccc(-c2ccnn2C)cc1.CNN.Nc1nnc(-c2ccccc2O)cc1N1CCN(c2ccnc(OC3CCC3)c2)CC1. The highest BCUT2D eigenvalue weighted by Crippen LogP contribution is 2.35. The number of para-hydroxylation sites is 1. The number of hydrogen-bond acceptors (Lipinski definition) is 19. The molecule has 2 saturated heterocycles. The zero-order valence-corrected chi connectivity index (χ0v) is 44.5. The fourth-order valence-electron chi connectivity index (χ4n) is 9.30. The Bertz CT molecular complexity index is 3150. The first-order chi connectivity index (χ1) is 37.8. The van der Waals surface area contributed by atoms with Crippen LogP contribution in [0, 0.1) is 17.8 Å². The third kappa shape index (κ3) is 14.0. The van der Waals surface area contributed by atoms with Crippen LogP contribution in [0.5, 0.6) is 23.3 Å². The third-order valence-corrected chi connectivity index (χ3v) is 13.6. The highest BCUT2D eigenvalue weighted by Gasteiger charge is 2.40. The molecule has 0 spiro atoms. The number of likely N-dealkylation sites (tertiary alicyclic amines) is 1. The molecule has 5 aromatic heterocycles. The van der Waals surface area contributed by atoms with Crippen LogP contribution in [0.1, 0.15) is 82.0 Å². The lowest BCUT2D eigenvalue weighted by molar-refractivity contribution is -0.141. The minimum absolute atomic E-state index is 0.00485. The van der Waals surface area contributed by atoms with Gasteiger partial charge in [0.15, 0.2) is 23.9 Å². The zero-order chi connectivity index (χ0) is 55.1. The Hall–Kier alpha value is -8.81. The van der Waals surface area contributed by atoms with Crippen LogP contribution >= 0.6 is 0 Å². The number of benzene rings is 2. The van der Waals surface area contributed by atoms with Crippen LogP contribution in [0.4, 0.5) is 17.2 Å². The number of nitrogen functional groups attached to an aromatic ring is 1. The van der Waals surface area contributed by atoms with Crippen molar-refractivity contribution in [3.05, 3.63) is 121 Å². The molecule has 1 aliphatic carbocycles. The molecule has 7 heterocycles. The molecule has 10 rings (SSSR count). The number of hydrazine groups is 1. The highest BCUT2D eigenvalue weighted by molar-refractivity contribution is 5.91. The summed E-state index contributed by atoms with van der Waals surface area (Å²) in [5.41, 5.74) is 14.6. The summed E-state index contributed by atoms with van der Waals surface area (Å²) >= 11 is 0. The third-order valence-electron chi connectivity index (χ3n) is 13.6. The molecular formula is C56H67N15O7. The summed E-state index contributed by atoms with van der Waals surface area (Å²) in [6.45, 7) is 9.58. The van der Waals surface area contributed by atoms with Crippen LogP contribution < -0.4 is 41.6 Å². The van der Waals surface area contributed by atoms with E-state index in [2.05, 4.69) is 73.6 Å². The minimum Gasteiger partial charge on any atom is -0.507 e. The Kier molecular flexibility index (Phi) is 18.7. The lowest BCUT2D eigenvalue weighted by atomic mass is 9.91. The van der Waals surface area contributed by atoms with Gasteiger partial charge in [0, 0.05) is 75.5 Å². The average molecular weight is 1060 g/mol. The van der Waals surface area contributed by atoms with Crippen molar-refractivity contribution in [3.8, 4) is 57.6 Å². The number of carbonyl (C=O) groups is 2. The smallest absolute Gasteiger partial charge is 0.255 e. The normalized spacial score (nSPS) is 15.8. The maximum Gasteiger partial charge on any atom is 0.255 e. The average Bonchev–Trinajstić information content (AvgIpc) is 4.24. The topological polar surface area (TPSA) is 287 Å². The maximum absolute atomic E-state index is 13.8. The fraction of sp³-hybridized carbons (Fsp3) is 0.375. The van der Waals surface area contributed by atoms with Crippen molar-refractivity contribution >= 4 is 29.0 Å². The van der Waals surface area contributed by atoms with E-state index in [1.807, 2.05) is 99.4 Å². The number of nitrogens with one attached hydrogen (secondary N) is 2. The van der Waals surface area contributed by atoms with Crippen molar-refractivity contribution in [1.82, 2.24) is 55.7 Å². The van der Waals surface area contributed by atoms with Crippen LogP contribution in [0.15, 0.2) is 108 Å². The van der Waals surface area contributed by atoms with E-state index in [4.69, 9.17) is 19.7 Å². The predicted octanol–water partition coefficient (Wildman–Crippen LogP) is 5.77. The number of phenolic OH excluding ortho intramolecular Hbond substituents is 1. The first kappa shape index (κ1) is 55.4. The number of nitrogens with two attached hydrogens (primary N) is 2. The van der Waals surface area contributed by atoms with Gasteiger partial charge in [0.25, 0.3) is 5.88 Å². The van der Waals surface area contributed by atoms with Gasteiger partial charge in [-0.1, -0.05) is 56.2 Å². The molecule has 3 fully saturated rings. The summed E-state index contributed by atoms with van der Waals surface area (Å²) in [5.74, 6) is 11.0. The fourth-order valence-corrected chi connectivity index (χ4v) is 9.30. The van der Waals surface area contributed by atoms with Gasteiger partial charge in [0.05, 0.1) is 35.5 Å². The Morgan fingerprint density at radius 2 is 1.59 bits per heavy atom. The molecule has 0 radical (unpaired) electrons. The summed E-state index contributed by atoms with van der Waals surface area (Å²) in [6.07, 6.45) is 11.2. The van der Waals surface area contributed by atoms with Gasteiger partial charge in [-0.05, 0) is 105 Å². The molecule has 7 aromatic rings. The number of pyridine rings is 1. The molecular weight excluding hydrogens is 995 g/mol. The number of aryl methyl sites for hydroxylation is 1. The number of hydrogen-bond donors (Lipinski definition) is 6. The Morgan fingerprint density at radius 1 is 0.859 bits per heavy atom. The highest BCUT2D eigenvalue weighted by atomic mass is 16.5. The van der Waals surface area contributed by atoms with E-state index in [0.29, 0.717) is 47.8 Å². The summed E-state index contributed by atoms with van der Waals surface area (Å²) in [6, 6.07) is 23.8. The Labute approximate surface area is 453 Å². The molecule has 22 nitrogen and oxygen atoms in total. The van der Waals surface area contributed by atoms with E-state index in [9.17, 15) is 19.8 Å². The van der Waals surface area contributed by atoms with E-state index in [-0.39, 0.29) is 53.6 Å². The number of anilines is 3. The summed E-state index contributed by atoms with van der Waals surface area (Å²) < 4.78 is 18.9. The van der Waals surface area contributed by atoms with Gasteiger partial charge in [-0.25, -0.2) is 15.0 Å². The van der Waals surface area contributed by atoms with Crippen LogP contribution in [-0.2, 0) is 16.6 Å². The standard InChI is InChI=1S/C32H35N7O5.C23H26N6O2.CH6N2/c1-20(2)30(27-17-29(37-44-27)43-16-6-8-28-33-18-24(40)19-34-28)32(42)39-15-5-7-26(39)31(41)36-21(3)22-9-11-23(12-10-22)25-13-14-35-38(25)4;24-23-20(15-19(26-27-23)18-6-1-2-7-21(18)30)29-12-10-28(11-13-29)16-8-9-25-22(14-16)31-17-4-3-5-17;1-3-2/h9-14,17-21,26,30,40H,5,7,15-16H2,1-4H3,(H,36,41);1-2,6-9,14-15,17,30H,3-5,10-13H2,(H2,24,27);3H,2H2,1H3. The van der Waals surface area contributed by atoms with Crippen LogP contribution in [0.25, 0.3) is 22.5 Å². The number of aromatic hydroxyl groups is 2. The first-order valence-electron chi connectivity index (χ1n) is 26.0. The van der Waals surface area contributed by atoms with Gasteiger partial charge in [0.2, 0.25) is 23.5 Å². The largest absolute Gasteiger partial charge is 0.507 e. The quantitative estimate of drug-likeness (QED) is 0.0428. The van der Waals surface area contributed by atoms with Crippen molar-refractivity contribution < 1.29 is 33.8 Å². The monoisotopic (exact) mass is 1060 g/mol. The first-order valence-corrected chi connectivity index (χ1v) is 26.0. The second-order valence-electron chi connectivity index (χ2n) is 19.3. The van der Waals surface area contributed by atoms with Gasteiger partial charge in [0.1, 0.15) is 23.8 Å². The number of aromatic nitrogens is 8. The number of rotatable bonds is 14. The van der Waals surface area contributed by atoms with Gasteiger partial charge in [-0.3, -0.25) is 25.5 Å². The number of nitrogens with zero attached hydrogens (tertiary/aromatic N) is 11.